The maximum atomic E-state index is 8.67. The average molecular weight is 243 g/mol. The van der Waals surface area contributed by atoms with Gasteiger partial charge in [-0.3, -0.25) is 0 Å². The molecule has 0 saturated heterocycles. The monoisotopic (exact) mass is 243 g/mol. The maximum absolute atomic E-state index is 8.67. The summed E-state index contributed by atoms with van der Waals surface area (Å²) in [6.45, 7) is 0. The molecule has 1 nitrogen and oxygen atoms in total. The van der Waals surface area contributed by atoms with E-state index in [1.54, 1.807) is 21.6 Å². The van der Waals surface area contributed by atoms with Crippen LogP contribution in [-0.2, 0) is 0 Å². The number of benzene rings is 2. The van der Waals surface area contributed by atoms with Gasteiger partial charge in [-0.1, -0.05) is 39.8 Å². The Balaban J connectivity index is 1.98. The van der Waals surface area contributed by atoms with Gasteiger partial charge in [0, 0.05) is 9.79 Å². The molecule has 0 amide bonds. The van der Waals surface area contributed by atoms with Crippen molar-refractivity contribution in [3.05, 3.63) is 60.2 Å². The van der Waals surface area contributed by atoms with Crippen LogP contribution in [0, 0.1) is 11.3 Å². The molecule has 3 heteroatoms. The predicted octanol–water partition coefficient (Wildman–Crippen LogP) is 4.36. The van der Waals surface area contributed by atoms with Crippen LogP contribution in [0.3, 0.4) is 0 Å². The summed E-state index contributed by atoms with van der Waals surface area (Å²) in [7, 11) is 3.42. The van der Waals surface area contributed by atoms with Crippen LogP contribution in [0.25, 0.3) is 0 Å². The molecule has 0 aromatic heterocycles. The predicted molar refractivity (Wildman–Crippen MR) is 69.3 cm³/mol. The highest BCUT2D eigenvalue weighted by Gasteiger charge is 1.97. The fourth-order valence-electron chi connectivity index (χ4n) is 1.16. The van der Waals surface area contributed by atoms with Gasteiger partial charge < -0.3 is 0 Å². The van der Waals surface area contributed by atoms with E-state index >= 15 is 0 Å². The fraction of sp³-hybridized carbons (Fsp3) is 0. The first-order chi connectivity index (χ1) is 7.88. The Morgan fingerprint density at radius 1 is 0.750 bits per heavy atom. The smallest absolute Gasteiger partial charge is 0.0991 e. The van der Waals surface area contributed by atoms with Crippen LogP contribution in [0.4, 0.5) is 0 Å². The van der Waals surface area contributed by atoms with Crippen LogP contribution in [0.5, 0.6) is 0 Å². The Kier molecular flexibility index (Phi) is 3.92. The lowest BCUT2D eigenvalue weighted by atomic mass is 10.2. The Morgan fingerprint density at radius 3 is 1.88 bits per heavy atom. The van der Waals surface area contributed by atoms with Crippen LogP contribution in [0.1, 0.15) is 5.56 Å². The second-order valence-corrected chi connectivity index (χ2v) is 5.39. The summed E-state index contributed by atoms with van der Waals surface area (Å²) in [5.74, 6) is 0. The Hall–Kier alpha value is -1.37. The van der Waals surface area contributed by atoms with Gasteiger partial charge in [-0.25, -0.2) is 0 Å². The molecule has 0 N–H and O–H groups in total. The lowest BCUT2D eigenvalue weighted by Crippen LogP contribution is -1.73. The minimum atomic E-state index is 0.703. The SMILES string of the molecule is N#Cc1ccc(SSc2ccccc2)cc1. The van der Waals surface area contributed by atoms with Crippen molar-refractivity contribution in [2.24, 2.45) is 0 Å². The van der Waals surface area contributed by atoms with Crippen molar-refractivity contribution in [1.29, 1.82) is 5.26 Å². The minimum absolute atomic E-state index is 0.703. The average Bonchev–Trinajstić information content (AvgIpc) is 2.38. The van der Waals surface area contributed by atoms with Crippen molar-refractivity contribution in [1.82, 2.24) is 0 Å². The topological polar surface area (TPSA) is 23.8 Å². The van der Waals surface area contributed by atoms with Crippen molar-refractivity contribution >= 4 is 21.6 Å². The molecule has 0 bridgehead atoms. The van der Waals surface area contributed by atoms with Gasteiger partial charge in [-0.05, 0) is 36.4 Å². The lowest BCUT2D eigenvalue weighted by Gasteiger charge is -2.00. The van der Waals surface area contributed by atoms with Gasteiger partial charge in [0.1, 0.15) is 0 Å². The molecule has 0 aliphatic heterocycles. The Bertz CT molecular complexity index is 486. The first-order valence-corrected chi connectivity index (χ1v) is 6.93. The second kappa shape index (κ2) is 5.64. The van der Waals surface area contributed by atoms with Crippen LogP contribution in [0.15, 0.2) is 64.4 Å². The zero-order valence-corrected chi connectivity index (χ0v) is 10.1. The molecular formula is C13H9NS2. The van der Waals surface area contributed by atoms with Crippen molar-refractivity contribution in [2.75, 3.05) is 0 Å². The summed E-state index contributed by atoms with van der Waals surface area (Å²) in [6, 6.07) is 20.0. The van der Waals surface area contributed by atoms with Crippen LogP contribution < -0.4 is 0 Å². The Morgan fingerprint density at radius 2 is 1.31 bits per heavy atom. The van der Waals surface area contributed by atoms with E-state index in [0.717, 1.165) is 4.90 Å². The number of rotatable bonds is 3. The van der Waals surface area contributed by atoms with Crippen LogP contribution in [0.2, 0.25) is 0 Å². The molecule has 0 atom stereocenters. The maximum Gasteiger partial charge on any atom is 0.0991 e. The van der Waals surface area contributed by atoms with Crippen molar-refractivity contribution in [3.63, 3.8) is 0 Å². The zero-order valence-electron chi connectivity index (χ0n) is 8.46. The molecule has 0 radical (unpaired) electrons. The molecular weight excluding hydrogens is 234 g/mol. The molecule has 16 heavy (non-hydrogen) atoms. The molecule has 0 fully saturated rings. The van der Waals surface area contributed by atoms with E-state index in [9.17, 15) is 0 Å². The summed E-state index contributed by atoms with van der Waals surface area (Å²) < 4.78 is 0. The van der Waals surface area contributed by atoms with Gasteiger partial charge in [0.2, 0.25) is 0 Å². The van der Waals surface area contributed by atoms with E-state index in [4.69, 9.17) is 5.26 Å². The number of hydrogen-bond donors (Lipinski definition) is 0. The molecule has 0 heterocycles. The molecule has 2 aromatic rings. The minimum Gasteiger partial charge on any atom is -0.192 e. The fourth-order valence-corrected chi connectivity index (χ4v) is 3.11. The quantitative estimate of drug-likeness (QED) is 0.748. The molecule has 2 aromatic carbocycles. The van der Waals surface area contributed by atoms with E-state index in [1.807, 2.05) is 42.5 Å². The van der Waals surface area contributed by atoms with E-state index in [-0.39, 0.29) is 0 Å². The number of nitriles is 1. The largest absolute Gasteiger partial charge is 0.192 e. The van der Waals surface area contributed by atoms with Crippen molar-refractivity contribution in [2.45, 2.75) is 9.79 Å². The van der Waals surface area contributed by atoms with Gasteiger partial charge in [-0.15, -0.1) is 0 Å². The summed E-state index contributed by atoms with van der Waals surface area (Å²) in [4.78, 5) is 2.39. The Labute approximate surface area is 103 Å². The normalized spacial score (nSPS) is 9.69. The highest BCUT2D eigenvalue weighted by molar-refractivity contribution is 8.76. The summed E-state index contributed by atoms with van der Waals surface area (Å²) in [5, 5.41) is 8.67. The van der Waals surface area contributed by atoms with E-state index in [1.165, 1.54) is 4.90 Å². The van der Waals surface area contributed by atoms with Gasteiger partial charge in [0.25, 0.3) is 0 Å². The third-order valence-electron chi connectivity index (χ3n) is 1.96. The highest BCUT2D eigenvalue weighted by atomic mass is 33.1. The van der Waals surface area contributed by atoms with Crippen LogP contribution >= 0.6 is 21.6 Å². The first-order valence-electron chi connectivity index (χ1n) is 4.78. The lowest BCUT2D eigenvalue weighted by molar-refractivity contribution is 1.42. The number of nitrogens with zero attached hydrogens (tertiary/aromatic N) is 1. The summed E-state index contributed by atoms with van der Waals surface area (Å²) in [6.07, 6.45) is 0. The zero-order chi connectivity index (χ0) is 11.2. The molecule has 0 saturated carbocycles. The third-order valence-corrected chi connectivity index (χ3v) is 4.38. The van der Waals surface area contributed by atoms with Gasteiger partial charge >= 0.3 is 0 Å². The molecule has 0 unspecified atom stereocenters. The standard InChI is InChI=1S/C13H9NS2/c14-10-11-6-8-13(9-7-11)16-15-12-4-2-1-3-5-12/h1-9H. The highest BCUT2D eigenvalue weighted by Crippen LogP contribution is 2.36. The molecule has 0 aliphatic carbocycles. The first kappa shape index (κ1) is 11.1. The van der Waals surface area contributed by atoms with E-state index in [0.29, 0.717) is 5.56 Å². The van der Waals surface area contributed by atoms with E-state index in [2.05, 4.69) is 18.2 Å². The molecule has 0 spiro atoms. The summed E-state index contributed by atoms with van der Waals surface area (Å²) in [5.41, 5.74) is 0.703. The molecule has 2 rings (SSSR count). The van der Waals surface area contributed by atoms with Crippen LogP contribution in [-0.4, -0.2) is 0 Å². The van der Waals surface area contributed by atoms with E-state index < -0.39 is 0 Å². The van der Waals surface area contributed by atoms with Gasteiger partial charge in [0.05, 0.1) is 11.6 Å². The molecule has 0 aliphatic rings. The van der Waals surface area contributed by atoms with Crippen molar-refractivity contribution < 1.29 is 0 Å². The second-order valence-electron chi connectivity index (χ2n) is 3.12. The van der Waals surface area contributed by atoms with Gasteiger partial charge in [-0.2, -0.15) is 5.26 Å². The van der Waals surface area contributed by atoms with Crippen molar-refractivity contribution in [3.8, 4) is 6.07 Å². The third kappa shape index (κ3) is 3.06. The van der Waals surface area contributed by atoms with Gasteiger partial charge in [0.15, 0.2) is 0 Å². The summed E-state index contributed by atoms with van der Waals surface area (Å²) >= 11 is 0. The molecule has 78 valence electrons. The number of hydrogen-bond acceptors (Lipinski definition) is 3.